The van der Waals surface area contributed by atoms with E-state index in [9.17, 15) is 8.42 Å². The summed E-state index contributed by atoms with van der Waals surface area (Å²) in [6.07, 6.45) is 0. The molecule has 0 saturated carbocycles. The number of nitrogens with zero attached hydrogens (tertiary/aromatic N) is 1. The van der Waals surface area contributed by atoms with Gasteiger partial charge in [-0.25, -0.2) is 0 Å². The topological polar surface area (TPSA) is 58.5 Å². The molecule has 0 aromatic heterocycles. The Morgan fingerprint density at radius 2 is 1.23 bits per heavy atom. The summed E-state index contributed by atoms with van der Waals surface area (Å²) < 4.78 is 25.1. The molecule has 0 aliphatic carbocycles. The highest BCUT2D eigenvalue weighted by Gasteiger charge is 2.14. The second kappa shape index (κ2) is 7.54. The van der Waals surface area contributed by atoms with E-state index in [4.69, 9.17) is 0 Å². The average Bonchev–Trinajstić information content (AvgIpc) is 2.64. The molecule has 26 heavy (non-hydrogen) atoms. The van der Waals surface area contributed by atoms with E-state index >= 15 is 0 Å². The minimum Gasteiger partial charge on any atom is -0.200 e. The van der Waals surface area contributed by atoms with Gasteiger partial charge < -0.3 is 0 Å². The molecule has 5 heteroatoms. The first kappa shape index (κ1) is 17.9. The molecule has 4 nitrogen and oxygen atoms in total. The maximum Gasteiger partial charge on any atom is 0.276 e. The zero-order valence-electron chi connectivity index (χ0n) is 14.7. The van der Waals surface area contributed by atoms with E-state index in [1.165, 1.54) is 0 Å². The molecule has 0 saturated heterocycles. The van der Waals surface area contributed by atoms with Crippen molar-refractivity contribution in [1.29, 1.82) is 0 Å². The van der Waals surface area contributed by atoms with Crippen LogP contribution in [0.2, 0.25) is 0 Å². The van der Waals surface area contributed by atoms with Crippen LogP contribution in [0.4, 0.5) is 0 Å². The van der Waals surface area contributed by atoms with E-state index in [1.54, 1.807) is 24.3 Å². The summed E-state index contributed by atoms with van der Waals surface area (Å²) in [6.45, 7) is 3.91. The second-order valence-corrected chi connectivity index (χ2v) is 7.76. The molecule has 0 unspecified atom stereocenters. The summed E-state index contributed by atoms with van der Waals surface area (Å²) >= 11 is 0. The van der Waals surface area contributed by atoms with Crippen LogP contribution in [0.1, 0.15) is 22.3 Å². The highest BCUT2D eigenvalue weighted by molar-refractivity contribution is 7.89. The van der Waals surface area contributed by atoms with Gasteiger partial charge in [0, 0.05) is 11.1 Å². The third kappa shape index (κ3) is 4.18. The molecule has 0 radical (unpaired) electrons. The molecule has 0 atom stereocenters. The van der Waals surface area contributed by atoms with Crippen molar-refractivity contribution in [2.45, 2.75) is 18.7 Å². The summed E-state index contributed by atoms with van der Waals surface area (Å²) in [7, 11) is -3.73. The van der Waals surface area contributed by atoms with Crippen LogP contribution in [-0.2, 0) is 10.0 Å². The smallest absolute Gasteiger partial charge is 0.200 e. The van der Waals surface area contributed by atoms with Gasteiger partial charge in [0.25, 0.3) is 10.0 Å². The Kier molecular flexibility index (Phi) is 5.19. The van der Waals surface area contributed by atoms with Crippen LogP contribution in [0.25, 0.3) is 0 Å². The van der Waals surface area contributed by atoms with E-state index in [0.717, 1.165) is 22.3 Å². The zero-order valence-corrected chi connectivity index (χ0v) is 15.5. The molecular weight excluding hydrogens is 344 g/mol. The predicted molar refractivity (Wildman–Crippen MR) is 105 cm³/mol. The van der Waals surface area contributed by atoms with E-state index in [1.807, 2.05) is 68.4 Å². The van der Waals surface area contributed by atoms with Gasteiger partial charge in [-0.3, -0.25) is 0 Å². The van der Waals surface area contributed by atoms with E-state index in [0.29, 0.717) is 5.71 Å². The first-order valence-electron chi connectivity index (χ1n) is 8.24. The number of aryl methyl sites for hydroxylation is 2. The minimum atomic E-state index is -3.73. The van der Waals surface area contributed by atoms with Crippen molar-refractivity contribution < 1.29 is 8.42 Å². The van der Waals surface area contributed by atoms with Crippen molar-refractivity contribution >= 4 is 15.7 Å². The van der Waals surface area contributed by atoms with Gasteiger partial charge >= 0.3 is 0 Å². The second-order valence-electron chi connectivity index (χ2n) is 6.10. The Morgan fingerprint density at radius 1 is 0.731 bits per heavy atom. The number of hydrazone groups is 1. The average molecular weight is 364 g/mol. The molecular formula is C21H20N2O2S. The fraction of sp³-hybridized carbons (Fsp3) is 0.0952. The van der Waals surface area contributed by atoms with Gasteiger partial charge in [0.05, 0.1) is 10.6 Å². The number of sulfonamides is 1. The van der Waals surface area contributed by atoms with Gasteiger partial charge in [-0.05, 0) is 26.0 Å². The standard InChI is InChI=1S/C21H20N2O2S/c1-16-8-12-19(13-9-16)21(18-6-4-3-5-7-18)22-23-26(24,25)20-14-10-17(2)11-15-20/h3-15,23H,1-2H3. The molecule has 3 aromatic carbocycles. The van der Waals surface area contributed by atoms with Gasteiger partial charge in [-0.2, -0.15) is 18.4 Å². The Balaban J connectivity index is 1.99. The number of rotatable bonds is 5. The Morgan fingerprint density at radius 3 is 1.81 bits per heavy atom. The maximum absolute atomic E-state index is 12.5. The lowest BCUT2D eigenvalue weighted by Crippen LogP contribution is -2.21. The third-order valence-electron chi connectivity index (χ3n) is 3.98. The monoisotopic (exact) mass is 364 g/mol. The fourth-order valence-electron chi connectivity index (χ4n) is 2.48. The Hall–Kier alpha value is -2.92. The number of hydrogen-bond acceptors (Lipinski definition) is 3. The number of hydrogen-bond donors (Lipinski definition) is 1. The lowest BCUT2D eigenvalue weighted by atomic mass is 10.0. The number of benzene rings is 3. The lowest BCUT2D eigenvalue weighted by molar-refractivity contribution is 0.584. The van der Waals surface area contributed by atoms with E-state index in [-0.39, 0.29) is 4.90 Å². The molecule has 0 amide bonds. The maximum atomic E-state index is 12.5. The lowest BCUT2D eigenvalue weighted by Gasteiger charge is -2.10. The summed E-state index contributed by atoms with van der Waals surface area (Å²) in [6, 6.07) is 24.0. The van der Waals surface area contributed by atoms with Crippen LogP contribution in [0.3, 0.4) is 0 Å². The molecule has 0 aliphatic heterocycles. The van der Waals surface area contributed by atoms with Gasteiger partial charge in [0.15, 0.2) is 0 Å². The summed E-state index contributed by atoms with van der Waals surface area (Å²) in [5, 5.41) is 4.24. The van der Waals surface area contributed by atoms with Crippen molar-refractivity contribution in [2.75, 3.05) is 0 Å². The van der Waals surface area contributed by atoms with Crippen molar-refractivity contribution in [2.24, 2.45) is 5.10 Å². The third-order valence-corrected chi connectivity index (χ3v) is 5.21. The molecule has 3 aromatic rings. The zero-order chi connectivity index (χ0) is 18.6. The van der Waals surface area contributed by atoms with Crippen molar-refractivity contribution in [3.05, 3.63) is 101 Å². The van der Waals surface area contributed by atoms with Crippen LogP contribution in [-0.4, -0.2) is 14.1 Å². The Bertz CT molecular complexity index is 1010. The molecule has 0 fully saturated rings. The van der Waals surface area contributed by atoms with Gasteiger partial charge in [0.1, 0.15) is 0 Å². The highest BCUT2D eigenvalue weighted by Crippen LogP contribution is 2.14. The van der Waals surface area contributed by atoms with E-state index in [2.05, 4.69) is 9.93 Å². The van der Waals surface area contributed by atoms with Gasteiger partial charge in [-0.15, -0.1) is 0 Å². The molecule has 0 heterocycles. The summed E-state index contributed by atoms with van der Waals surface area (Å²) in [5.41, 5.74) is 4.37. The molecule has 0 bridgehead atoms. The Labute approximate surface area is 154 Å². The first-order chi connectivity index (χ1) is 12.5. The molecule has 1 N–H and O–H groups in total. The van der Waals surface area contributed by atoms with Gasteiger partial charge in [0.2, 0.25) is 0 Å². The van der Waals surface area contributed by atoms with Crippen molar-refractivity contribution in [3.8, 4) is 0 Å². The molecule has 132 valence electrons. The SMILES string of the molecule is Cc1ccc(C(=NNS(=O)(=O)c2ccc(C)cc2)c2ccccc2)cc1. The molecule has 0 spiro atoms. The van der Waals surface area contributed by atoms with Crippen LogP contribution in [0.15, 0.2) is 88.9 Å². The molecule has 0 aliphatic rings. The number of nitrogens with one attached hydrogen (secondary N) is 1. The van der Waals surface area contributed by atoms with E-state index < -0.39 is 10.0 Å². The normalized spacial score (nSPS) is 12.0. The highest BCUT2D eigenvalue weighted by atomic mass is 32.2. The fourth-order valence-corrected chi connectivity index (χ4v) is 3.29. The summed E-state index contributed by atoms with van der Waals surface area (Å²) in [5.74, 6) is 0. The summed E-state index contributed by atoms with van der Waals surface area (Å²) in [4.78, 5) is 2.55. The van der Waals surface area contributed by atoms with Crippen LogP contribution < -0.4 is 4.83 Å². The van der Waals surface area contributed by atoms with Gasteiger partial charge in [-0.1, -0.05) is 77.9 Å². The quantitative estimate of drug-likeness (QED) is 0.549. The first-order valence-corrected chi connectivity index (χ1v) is 9.73. The minimum absolute atomic E-state index is 0.183. The molecule has 3 rings (SSSR count). The van der Waals surface area contributed by atoms with Crippen LogP contribution in [0.5, 0.6) is 0 Å². The largest absolute Gasteiger partial charge is 0.276 e. The van der Waals surface area contributed by atoms with Crippen LogP contribution in [0, 0.1) is 13.8 Å². The van der Waals surface area contributed by atoms with Crippen molar-refractivity contribution in [1.82, 2.24) is 4.83 Å². The van der Waals surface area contributed by atoms with Crippen LogP contribution >= 0.6 is 0 Å². The van der Waals surface area contributed by atoms with Crippen molar-refractivity contribution in [3.63, 3.8) is 0 Å². The predicted octanol–water partition coefficient (Wildman–Crippen LogP) is 4.03.